The predicted molar refractivity (Wildman–Crippen MR) is 161 cm³/mol. The Morgan fingerprint density at radius 3 is 1.80 bits per heavy atom. The molecule has 0 amide bonds. The van der Waals surface area contributed by atoms with Crippen molar-refractivity contribution < 1.29 is 37.2 Å². The van der Waals surface area contributed by atoms with Gasteiger partial charge < -0.3 is 37.2 Å². The number of nitriles is 2. The summed E-state index contributed by atoms with van der Waals surface area (Å²) in [6.45, 7) is 17.0. The van der Waals surface area contributed by atoms with Gasteiger partial charge in [-0.1, -0.05) is 27.6 Å². The van der Waals surface area contributed by atoms with E-state index < -0.39 is 50.5 Å². The average molecular weight is 607 g/mol. The Morgan fingerprint density at radius 2 is 1.30 bits per heavy atom. The fraction of sp³-hybridized carbons (Fsp3) is 0.857. The summed E-state index contributed by atoms with van der Waals surface area (Å²) in [7, 11) is -5.84. The van der Waals surface area contributed by atoms with Crippen molar-refractivity contribution >= 4 is 27.5 Å². The minimum Gasteiger partial charge on any atom is -0.390 e. The van der Waals surface area contributed by atoms with Gasteiger partial charge in [-0.15, -0.1) is 0 Å². The van der Waals surface area contributed by atoms with Crippen molar-refractivity contribution in [2.45, 2.75) is 123 Å². The maximum atomic E-state index is 10.6. The van der Waals surface area contributed by atoms with E-state index >= 15 is 0 Å². The van der Waals surface area contributed by atoms with Crippen molar-refractivity contribution in [3.8, 4) is 12.1 Å². The van der Waals surface area contributed by atoms with Crippen LogP contribution in [0.25, 0.3) is 0 Å². The normalized spacial score (nSPS) is 33.8. The lowest BCUT2D eigenvalue weighted by atomic mass is 10.00. The number of hydrogen-bond donors (Lipinski definition) is 1. The van der Waals surface area contributed by atoms with Gasteiger partial charge in [0.05, 0.1) is 73.8 Å². The van der Waals surface area contributed by atoms with Gasteiger partial charge in [-0.25, -0.2) is 0 Å². The third kappa shape index (κ3) is 10.5. The van der Waals surface area contributed by atoms with Crippen molar-refractivity contribution in [2.75, 3.05) is 19.9 Å². The first kappa shape index (κ1) is 37.3. The van der Waals surface area contributed by atoms with Gasteiger partial charge in [-0.05, 0) is 47.8 Å². The van der Waals surface area contributed by atoms with E-state index in [1.807, 2.05) is 41.5 Å². The molecule has 0 aliphatic carbocycles. The summed E-state index contributed by atoms with van der Waals surface area (Å²) in [6.07, 6.45) is 6.20. The van der Waals surface area contributed by atoms with Gasteiger partial charge in [0, 0.05) is 18.5 Å². The van der Waals surface area contributed by atoms with Gasteiger partial charge in [-0.2, -0.15) is 10.5 Å². The van der Waals surface area contributed by atoms with Gasteiger partial charge in [0.25, 0.3) is 7.57 Å². The van der Waals surface area contributed by atoms with Crippen LogP contribution in [-0.2, 0) is 32.1 Å². The number of aliphatic hydroxyl groups excluding tert-OH is 1. The summed E-state index contributed by atoms with van der Waals surface area (Å²) in [5.74, 6) is -0.0935. The third-order valence-electron chi connectivity index (χ3n) is 7.13. The zero-order chi connectivity index (χ0) is 29.8. The smallest absolute Gasteiger partial charge is 0.251 e. The first-order valence-corrected chi connectivity index (χ1v) is 17.4. The Morgan fingerprint density at radius 1 is 0.825 bits per heavy atom. The van der Waals surface area contributed by atoms with E-state index in [1.54, 1.807) is 20.5 Å². The van der Waals surface area contributed by atoms with E-state index in [9.17, 15) is 10.4 Å². The lowest BCUT2D eigenvalue weighted by Gasteiger charge is -2.37. The highest BCUT2D eigenvalue weighted by Gasteiger charge is 2.46. The predicted octanol–water partition coefficient (Wildman–Crippen LogP) is 5.77. The number of hydrogen-bond acceptors (Lipinski definition) is 10. The molecule has 0 saturated carbocycles. The van der Waals surface area contributed by atoms with Crippen molar-refractivity contribution in [2.24, 2.45) is 11.8 Å². The Balaban J connectivity index is 0.00000800. The summed E-state index contributed by atoms with van der Waals surface area (Å²) in [5, 5.41) is 29.0. The van der Waals surface area contributed by atoms with E-state index in [0.717, 1.165) is 0 Å². The maximum absolute atomic E-state index is 10.6. The number of ether oxygens (including phenoxy) is 2. The molecule has 2 aliphatic heterocycles. The molecule has 232 valence electrons. The second-order valence-corrected chi connectivity index (χ2v) is 16.5. The standard InChI is InChI=1S/C27H48N2O8P2.CH4/c1-18-20(3)33-22(24(18)30)16-32-39(11,37-27(7,8)13-15-29)35-25-19(2)21(4)34-23(25)17-31-38(9,10)36-26(5,6)12-14-28;/h18-25,30H,9,11-13,16-17H2,1-8,10H3;1H4. The van der Waals surface area contributed by atoms with Gasteiger partial charge in [0.15, 0.2) is 0 Å². The third-order valence-corrected chi connectivity index (χ3v) is 10.6. The van der Waals surface area contributed by atoms with Crippen molar-refractivity contribution in [1.82, 2.24) is 0 Å². The molecule has 0 bridgehead atoms. The molecule has 2 heterocycles. The van der Waals surface area contributed by atoms with Gasteiger partial charge in [0.2, 0.25) is 0 Å². The fourth-order valence-electron chi connectivity index (χ4n) is 4.67. The lowest BCUT2D eigenvalue weighted by Crippen LogP contribution is -2.35. The molecule has 12 heteroatoms. The maximum Gasteiger partial charge on any atom is 0.251 e. The largest absolute Gasteiger partial charge is 0.390 e. The Labute approximate surface area is 242 Å². The van der Waals surface area contributed by atoms with Crippen molar-refractivity contribution in [1.29, 1.82) is 10.5 Å². The summed E-state index contributed by atoms with van der Waals surface area (Å²) < 4.78 is 43.3. The highest BCUT2D eigenvalue weighted by molar-refractivity contribution is 7.63. The van der Waals surface area contributed by atoms with Crippen LogP contribution in [0.15, 0.2) is 0 Å². The second-order valence-electron chi connectivity index (χ2n) is 12.1. The molecule has 0 spiro atoms. The highest BCUT2D eigenvalue weighted by Crippen LogP contribution is 2.57. The SMILES string of the molecule is C.C=P(C)(OCC1OC(C)C(C)C1OP(=C)(OCC1OC(C)C(C)C1O)OC(C)(C)CC#N)OC(C)(C)CC#N. The van der Waals surface area contributed by atoms with E-state index in [-0.39, 0.29) is 57.5 Å². The molecule has 1 N–H and O–H groups in total. The molecule has 0 radical (unpaired) electrons. The second kappa shape index (κ2) is 14.6. The van der Waals surface area contributed by atoms with Crippen LogP contribution in [0.3, 0.4) is 0 Å². The topological polar surface area (TPSA) is 132 Å². The van der Waals surface area contributed by atoms with E-state index in [2.05, 4.69) is 24.7 Å². The minimum absolute atomic E-state index is 0. The Hall–Kier alpha value is -0.740. The summed E-state index contributed by atoms with van der Waals surface area (Å²) in [5.41, 5.74) is -1.59. The summed E-state index contributed by atoms with van der Waals surface area (Å²) in [4.78, 5) is 0. The molecular weight excluding hydrogens is 554 g/mol. The monoisotopic (exact) mass is 606 g/mol. The van der Waals surface area contributed by atoms with Gasteiger partial charge >= 0.3 is 0 Å². The highest BCUT2D eigenvalue weighted by atomic mass is 31.2. The van der Waals surface area contributed by atoms with Crippen LogP contribution in [-0.4, -0.2) is 85.4 Å². The lowest BCUT2D eigenvalue weighted by molar-refractivity contribution is -0.0393. The molecule has 2 rings (SSSR count). The van der Waals surface area contributed by atoms with E-state index in [0.29, 0.717) is 0 Å². The van der Waals surface area contributed by atoms with Crippen LogP contribution in [0.5, 0.6) is 0 Å². The molecule has 0 aromatic carbocycles. The summed E-state index contributed by atoms with van der Waals surface area (Å²) >= 11 is 0. The number of aliphatic hydroxyl groups is 1. The van der Waals surface area contributed by atoms with Crippen LogP contribution in [0.2, 0.25) is 0 Å². The van der Waals surface area contributed by atoms with Gasteiger partial charge in [-0.3, -0.25) is 0 Å². The molecular formula is C28H52N2O8P2. The van der Waals surface area contributed by atoms with Crippen LogP contribution >= 0.6 is 14.9 Å². The molecule has 40 heavy (non-hydrogen) atoms. The zero-order valence-corrected chi connectivity index (χ0v) is 26.7. The van der Waals surface area contributed by atoms with Crippen molar-refractivity contribution in [3.63, 3.8) is 0 Å². The zero-order valence-electron chi connectivity index (χ0n) is 25.0. The molecule has 2 fully saturated rings. The Kier molecular flexibility index (Phi) is 13.6. The van der Waals surface area contributed by atoms with E-state index in [1.165, 1.54) is 0 Å². The van der Waals surface area contributed by atoms with Crippen LogP contribution in [0, 0.1) is 34.5 Å². The summed E-state index contributed by atoms with van der Waals surface area (Å²) in [6, 6.07) is 4.26. The molecule has 10 atom stereocenters. The molecule has 0 aromatic heterocycles. The molecule has 10 unspecified atom stereocenters. The first-order chi connectivity index (χ1) is 17.8. The molecule has 2 aliphatic rings. The molecule has 10 nitrogen and oxygen atoms in total. The van der Waals surface area contributed by atoms with Gasteiger partial charge in [0.1, 0.15) is 19.5 Å². The molecule has 0 aromatic rings. The average Bonchev–Trinajstić information content (AvgIpc) is 3.19. The first-order valence-electron chi connectivity index (χ1n) is 13.4. The van der Waals surface area contributed by atoms with Crippen LogP contribution in [0.4, 0.5) is 0 Å². The quantitative estimate of drug-likeness (QED) is 0.243. The van der Waals surface area contributed by atoms with Crippen LogP contribution < -0.4 is 0 Å². The minimum atomic E-state index is -3.30. The Bertz CT molecular complexity index is 1010. The number of rotatable bonds is 14. The van der Waals surface area contributed by atoms with Crippen molar-refractivity contribution in [3.05, 3.63) is 0 Å². The van der Waals surface area contributed by atoms with Crippen LogP contribution in [0.1, 0.15) is 75.7 Å². The van der Waals surface area contributed by atoms with E-state index in [4.69, 9.17) is 37.4 Å². The number of nitrogens with zero attached hydrogens (tertiary/aromatic N) is 2. The molecule has 2 saturated heterocycles. The fourth-order valence-corrected chi connectivity index (χ4v) is 8.34.